The van der Waals surface area contributed by atoms with Crippen molar-refractivity contribution in [3.05, 3.63) is 111 Å². The maximum atomic E-state index is 13.7. The molecule has 0 aliphatic carbocycles. The molecule has 1 unspecified atom stereocenters. The summed E-state index contributed by atoms with van der Waals surface area (Å²) in [5.41, 5.74) is 1.61. The van der Waals surface area contributed by atoms with Crippen LogP contribution in [0.5, 0.6) is 0 Å². The largest absolute Gasteiger partial charge is 0.354 e. The van der Waals surface area contributed by atoms with Gasteiger partial charge in [-0.1, -0.05) is 74.5 Å². The molecule has 0 radical (unpaired) electrons. The third-order valence-electron chi connectivity index (χ3n) is 5.75. The summed E-state index contributed by atoms with van der Waals surface area (Å²) in [7, 11) is 0. The van der Waals surface area contributed by atoms with E-state index >= 15 is 0 Å². The zero-order valence-electron chi connectivity index (χ0n) is 20.4. The highest BCUT2D eigenvalue weighted by Crippen LogP contribution is 2.22. The maximum absolute atomic E-state index is 13.7. The fraction of sp³-hybridized carbons (Fsp3) is 0.286. The highest BCUT2D eigenvalue weighted by molar-refractivity contribution is 5.89. The van der Waals surface area contributed by atoms with Crippen LogP contribution in [0.2, 0.25) is 0 Å². The average Bonchev–Trinajstić information content (AvgIpc) is 2.86. The second-order valence-electron chi connectivity index (χ2n) is 9.06. The van der Waals surface area contributed by atoms with Crippen LogP contribution in [0.4, 0.5) is 10.1 Å². The molecule has 8 heteroatoms. The molecular weight excluding hydrogens is 461 g/mol. The Morgan fingerprint density at radius 3 is 2.22 bits per heavy atom. The van der Waals surface area contributed by atoms with E-state index in [-0.39, 0.29) is 42.5 Å². The summed E-state index contributed by atoms with van der Waals surface area (Å²) in [4.78, 5) is 39.5. The number of nitrogens with zero attached hydrogens (tertiary/aromatic N) is 2. The van der Waals surface area contributed by atoms with Gasteiger partial charge in [-0.3, -0.25) is 19.7 Å². The third-order valence-corrected chi connectivity index (χ3v) is 5.75. The van der Waals surface area contributed by atoms with Gasteiger partial charge in [0.1, 0.15) is 11.9 Å². The first-order chi connectivity index (χ1) is 17.2. The summed E-state index contributed by atoms with van der Waals surface area (Å²) in [6, 6.07) is 20.3. The summed E-state index contributed by atoms with van der Waals surface area (Å²) in [5.74, 6) is -0.952. The van der Waals surface area contributed by atoms with Crippen molar-refractivity contribution < 1.29 is 18.9 Å². The minimum atomic E-state index is -0.869. The van der Waals surface area contributed by atoms with Crippen molar-refractivity contribution in [2.45, 2.75) is 39.3 Å². The van der Waals surface area contributed by atoms with Crippen LogP contribution in [0.15, 0.2) is 78.9 Å². The minimum Gasteiger partial charge on any atom is -0.354 e. The van der Waals surface area contributed by atoms with Crippen molar-refractivity contribution in [1.29, 1.82) is 0 Å². The minimum absolute atomic E-state index is 0.0480. The van der Waals surface area contributed by atoms with Crippen LogP contribution < -0.4 is 5.32 Å². The van der Waals surface area contributed by atoms with Crippen LogP contribution >= 0.6 is 0 Å². The Kier molecular flexibility index (Phi) is 9.27. The molecule has 0 aliphatic heterocycles. The smallest absolute Gasteiger partial charge is 0.273 e. The molecule has 0 fully saturated rings. The van der Waals surface area contributed by atoms with E-state index in [0.29, 0.717) is 12.1 Å². The first kappa shape index (κ1) is 26.5. The number of nitrogens with one attached hydrogen (secondary N) is 1. The Hall–Kier alpha value is -4.07. The van der Waals surface area contributed by atoms with Gasteiger partial charge in [0.2, 0.25) is 11.8 Å². The van der Waals surface area contributed by atoms with Gasteiger partial charge in [0.25, 0.3) is 5.69 Å². The van der Waals surface area contributed by atoms with E-state index in [1.165, 1.54) is 29.2 Å². The number of carbonyl (C=O) groups is 2. The molecule has 0 spiro atoms. The lowest BCUT2D eigenvalue weighted by Gasteiger charge is -2.32. The fourth-order valence-electron chi connectivity index (χ4n) is 3.87. The maximum Gasteiger partial charge on any atom is 0.273 e. The Balaban J connectivity index is 1.99. The Morgan fingerprint density at radius 1 is 0.944 bits per heavy atom. The number of para-hydroxylation sites is 1. The summed E-state index contributed by atoms with van der Waals surface area (Å²) in [5, 5.41) is 14.4. The molecule has 7 nitrogen and oxygen atoms in total. The second kappa shape index (κ2) is 12.6. The number of nitro groups is 1. The number of halogens is 1. The Labute approximate surface area is 210 Å². The number of nitro benzene ring substituents is 1. The van der Waals surface area contributed by atoms with Crippen molar-refractivity contribution in [3.63, 3.8) is 0 Å². The Bertz CT molecular complexity index is 1180. The molecule has 0 saturated carbocycles. The van der Waals surface area contributed by atoms with E-state index in [2.05, 4.69) is 5.32 Å². The number of hydrogen-bond donors (Lipinski definition) is 1. The number of hydrogen-bond acceptors (Lipinski definition) is 4. The van der Waals surface area contributed by atoms with E-state index in [1.54, 1.807) is 24.3 Å². The highest BCUT2D eigenvalue weighted by Gasteiger charge is 2.31. The topological polar surface area (TPSA) is 92.6 Å². The molecule has 0 saturated heterocycles. The molecular formula is C28H30FN3O4. The van der Waals surface area contributed by atoms with Gasteiger partial charge in [-0.2, -0.15) is 0 Å². The highest BCUT2D eigenvalue weighted by atomic mass is 19.1. The predicted octanol–water partition coefficient (Wildman–Crippen LogP) is 4.69. The Morgan fingerprint density at radius 2 is 1.58 bits per heavy atom. The van der Waals surface area contributed by atoms with Crippen LogP contribution in [0.25, 0.3) is 0 Å². The van der Waals surface area contributed by atoms with E-state index < -0.39 is 22.7 Å². The molecule has 0 aromatic heterocycles. The van der Waals surface area contributed by atoms with Gasteiger partial charge in [0.15, 0.2) is 0 Å². The van der Waals surface area contributed by atoms with Crippen molar-refractivity contribution in [2.24, 2.45) is 5.92 Å². The lowest BCUT2D eigenvalue weighted by molar-refractivity contribution is -0.385. The molecule has 0 heterocycles. The number of rotatable bonds is 11. The molecule has 3 aromatic rings. The monoisotopic (exact) mass is 491 g/mol. The molecule has 1 N–H and O–H groups in total. The second-order valence-corrected chi connectivity index (χ2v) is 9.06. The van der Waals surface area contributed by atoms with Gasteiger partial charge < -0.3 is 10.2 Å². The van der Waals surface area contributed by atoms with Crippen LogP contribution in [0, 0.1) is 21.8 Å². The van der Waals surface area contributed by atoms with Gasteiger partial charge >= 0.3 is 0 Å². The van der Waals surface area contributed by atoms with Crippen LogP contribution in [0.3, 0.4) is 0 Å². The number of amides is 2. The van der Waals surface area contributed by atoms with Gasteiger partial charge in [0, 0.05) is 31.1 Å². The lowest BCUT2D eigenvalue weighted by Crippen LogP contribution is -2.51. The molecule has 1 atom stereocenters. The van der Waals surface area contributed by atoms with E-state index in [4.69, 9.17) is 0 Å². The molecule has 36 heavy (non-hydrogen) atoms. The summed E-state index contributed by atoms with van der Waals surface area (Å²) < 4.78 is 13.5. The van der Waals surface area contributed by atoms with Gasteiger partial charge in [-0.15, -0.1) is 0 Å². The molecule has 3 aromatic carbocycles. The van der Waals surface area contributed by atoms with E-state index in [0.717, 1.165) is 5.56 Å². The third kappa shape index (κ3) is 7.46. The zero-order valence-corrected chi connectivity index (χ0v) is 20.4. The number of benzene rings is 3. The number of carbonyl (C=O) groups excluding carboxylic acids is 2. The van der Waals surface area contributed by atoms with E-state index in [1.807, 2.05) is 44.2 Å². The molecule has 0 aliphatic rings. The van der Waals surface area contributed by atoms with Crippen LogP contribution in [0.1, 0.15) is 30.5 Å². The average molecular weight is 492 g/mol. The van der Waals surface area contributed by atoms with Crippen molar-refractivity contribution in [3.8, 4) is 0 Å². The molecule has 0 bridgehead atoms. The molecule has 2 amide bonds. The van der Waals surface area contributed by atoms with Crippen LogP contribution in [-0.4, -0.2) is 34.2 Å². The van der Waals surface area contributed by atoms with Crippen molar-refractivity contribution >= 4 is 17.5 Å². The quantitative estimate of drug-likeness (QED) is 0.311. The van der Waals surface area contributed by atoms with Gasteiger partial charge in [-0.25, -0.2) is 4.39 Å². The lowest BCUT2D eigenvalue weighted by atomic mass is 10.0. The van der Waals surface area contributed by atoms with Gasteiger partial charge in [-0.05, 0) is 29.2 Å². The molecule has 188 valence electrons. The van der Waals surface area contributed by atoms with E-state index in [9.17, 15) is 24.1 Å². The van der Waals surface area contributed by atoms with Gasteiger partial charge in [0.05, 0.1) is 11.3 Å². The summed E-state index contributed by atoms with van der Waals surface area (Å²) in [6.07, 6.45) is 0.00961. The summed E-state index contributed by atoms with van der Waals surface area (Å²) >= 11 is 0. The summed E-state index contributed by atoms with van der Waals surface area (Å²) in [6.45, 7) is 4.43. The predicted molar refractivity (Wildman–Crippen MR) is 136 cm³/mol. The first-order valence-electron chi connectivity index (χ1n) is 11.8. The van der Waals surface area contributed by atoms with Crippen molar-refractivity contribution in [2.75, 3.05) is 6.54 Å². The molecule has 3 rings (SSSR count). The normalized spacial score (nSPS) is 11.7. The van der Waals surface area contributed by atoms with Crippen LogP contribution in [-0.2, 0) is 29.0 Å². The standard InChI is InChI=1S/C28H30FN3O4/c1-20(2)18-30-28(34)26(16-21-8-4-3-5-9-21)31(19-22-12-14-24(29)15-13-22)27(33)17-23-10-6-7-11-25(23)32(35)36/h3-15,20,26H,16-19H2,1-2H3,(H,30,34). The zero-order chi connectivity index (χ0) is 26.1. The fourth-order valence-corrected chi connectivity index (χ4v) is 3.87. The SMILES string of the molecule is CC(C)CNC(=O)C(Cc1ccccc1)N(Cc1ccc(F)cc1)C(=O)Cc1ccccc1[N+](=O)[O-]. The van der Waals surface area contributed by atoms with Crippen molar-refractivity contribution in [1.82, 2.24) is 10.2 Å². The first-order valence-corrected chi connectivity index (χ1v) is 11.8.